The first kappa shape index (κ1) is 12.2. The van der Waals surface area contributed by atoms with Crippen LogP contribution in [0.15, 0.2) is 22.2 Å². The maximum atomic E-state index is 11.5. The van der Waals surface area contributed by atoms with E-state index in [0.717, 1.165) is 22.9 Å². The smallest absolute Gasteiger partial charge is 0.233 e. The van der Waals surface area contributed by atoms with Crippen LogP contribution in [0, 0.1) is 5.92 Å². The summed E-state index contributed by atoms with van der Waals surface area (Å²) in [5.74, 6) is -0.758. The highest BCUT2D eigenvalue weighted by molar-refractivity contribution is 9.11. The predicted molar refractivity (Wildman–Crippen MR) is 62.3 cm³/mol. The molecule has 4 heteroatoms. The maximum absolute atomic E-state index is 11.5. The van der Waals surface area contributed by atoms with Crippen LogP contribution in [-0.2, 0) is 9.59 Å². The van der Waals surface area contributed by atoms with E-state index in [1.807, 2.05) is 19.1 Å². The summed E-state index contributed by atoms with van der Waals surface area (Å²) in [6.45, 7) is 3.16. The van der Waals surface area contributed by atoms with Gasteiger partial charge in [0.1, 0.15) is 0 Å². The van der Waals surface area contributed by atoms with Gasteiger partial charge in [0.05, 0.1) is 5.92 Å². The van der Waals surface area contributed by atoms with Crippen molar-refractivity contribution in [3.63, 3.8) is 0 Å². The summed E-state index contributed by atoms with van der Waals surface area (Å²) in [6.07, 6.45) is 5.68. The Morgan fingerprint density at radius 1 is 1.40 bits per heavy atom. The highest BCUT2D eigenvalue weighted by Gasteiger charge is 2.19. The Morgan fingerprint density at radius 3 is 2.53 bits per heavy atom. The summed E-state index contributed by atoms with van der Waals surface area (Å²) < 4.78 is 1.14. The van der Waals surface area contributed by atoms with Crippen molar-refractivity contribution in [3.05, 3.63) is 22.2 Å². The molecule has 0 saturated carbocycles. The zero-order valence-corrected chi connectivity index (χ0v) is 10.4. The van der Waals surface area contributed by atoms with Crippen LogP contribution < -0.4 is 5.32 Å². The third kappa shape index (κ3) is 3.63. The zero-order chi connectivity index (χ0) is 11.4. The third-order valence-corrected chi connectivity index (χ3v) is 3.04. The minimum Gasteiger partial charge on any atom is -0.296 e. The van der Waals surface area contributed by atoms with Crippen molar-refractivity contribution in [2.75, 3.05) is 0 Å². The van der Waals surface area contributed by atoms with E-state index in [9.17, 15) is 9.59 Å². The van der Waals surface area contributed by atoms with Crippen molar-refractivity contribution in [1.82, 2.24) is 5.32 Å². The van der Waals surface area contributed by atoms with Crippen LogP contribution in [0.1, 0.15) is 26.7 Å². The van der Waals surface area contributed by atoms with Crippen LogP contribution in [0.25, 0.3) is 0 Å². The van der Waals surface area contributed by atoms with E-state index in [1.165, 1.54) is 6.92 Å². The molecule has 3 nitrogen and oxygen atoms in total. The van der Waals surface area contributed by atoms with Gasteiger partial charge in [-0.3, -0.25) is 14.9 Å². The first-order valence-corrected chi connectivity index (χ1v) is 5.66. The molecule has 0 saturated heterocycles. The van der Waals surface area contributed by atoms with Gasteiger partial charge in [-0.25, -0.2) is 0 Å². The van der Waals surface area contributed by atoms with Gasteiger partial charge in [0.15, 0.2) is 0 Å². The standard InChI is InChI=1S/C11H14BrNO2/c1-7(11(15)13-8(2)14)9-3-5-10(12)6-4-9/h3,5,7H,4,6H2,1-2H3,(H,13,14,15). The molecule has 82 valence electrons. The predicted octanol–water partition coefficient (Wildman–Crippen LogP) is 2.28. The average molecular weight is 272 g/mol. The number of hydrogen-bond donors (Lipinski definition) is 1. The second-order valence-corrected chi connectivity index (χ2v) is 4.64. The highest BCUT2D eigenvalue weighted by atomic mass is 79.9. The van der Waals surface area contributed by atoms with Crippen LogP contribution in [0.2, 0.25) is 0 Å². The van der Waals surface area contributed by atoms with E-state index < -0.39 is 0 Å². The van der Waals surface area contributed by atoms with Crippen molar-refractivity contribution in [1.29, 1.82) is 0 Å². The molecular weight excluding hydrogens is 258 g/mol. The number of imide groups is 1. The molecule has 0 aromatic heterocycles. The number of hydrogen-bond acceptors (Lipinski definition) is 2. The maximum Gasteiger partial charge on any atom is 0.233 e. The fraction of sp³-hybridized carbons (Fsp3) is 0.455. The Labute approximate surface area is 97.7 Å². The van der Waals surface area contributed by atoms with Crippen molar-refractivity contribution in [2.24, 2.45) is 5.92 Å². The van der Waals surface area contributed by atoms with E-state index in [4.69, 9.17) is 0 Å². The molecule has 0 radical (unpaired) electrons. The number of halogens is 1. The summed E-state index contributed by atoms with van der Waals surface area (Å²) in [4.78, 5) is 22.3. The molecule has 2 amide bonds. The first-order chi connectivity index (χ1) is 7.00. The van der Waals surface area contributed by atoms with Crippen LogP contribution in [0.5, 0.6) is 0 Å². The van der Waals surface area contributed by atoms with Gasteiger partial charge in [-0.05, 0) is 24.2 Å². The summed E-state index contributed by atoms with van der Waals surface area (Å²) in [5.41, 5.74) is 1.07. The zero-order valence-electron chi connectivity index (χ0n) is 8.84. The molecule has 1 N–H and O–H groups in total. The van der Waals surface area contributed by atoms with Crippen LogP contribution >= 0.6 is 15.9 Å². The normalized spacial score (nSPS) is 17.5. The van der Waals surface area contributed by atoms with E-state index >= 15 is 0 Å². The molecule has 15 heavy (non-hydrogen) atoms. The lowest BCUT2D eigenvalue weighted by Crippen LogP contribution is -2.33. The molecule has 0 heterocycles. The number of allylic oxidation sites excluding steroid dienone is 3. The minimum absolute atomic E-state index is 0.222. The van der Waals surface area contributed by atoms with Crippen LogP contribution in [0.4, 0.5) is 0 Å². The minimum atomic E-state index is -0.306. The molecule has 1 atom stereocenters. The average Bonchev–Trinajstić information content (AvgIpc) is 2.17. The highest BCUT2D eigenvalue weighted by Crippen LogP contribution is 2.27. The molecular formula is C11H14BrNO2. The number of carbonyl (C=O) groups is 2. The molecule has 1 aliphatic carbocycles. The van der Waals surface area contributed by atoms with E-state index in [-0.39, 0.29) is 17.7 Å². The molecule has 0 fully saturated rings. The van der Waals surface area contributed by atoms with Gasteiger partial charge in [0, 0.05) is 6.92 Å². The van der Waals surface area contributed by atoms with Gasteiger partial charge in [-0.15, -0.1) is 0 Å². The number of amides is 2. The van der Waals surface area contributed by atoms with Crippen molar-refractivity contribution in [2.45, 2.75) is 26.7 Å². The van der Waals surface area contributed by atoms with Gasteiger partial charge < -0.3 is 0 Å². The second kappa shape index (κ2) is 5.26. The quantitative estimate of drug-likeness (QED) is 0.838. The number of rotatable bonds is 2. The first-order valence-electron chi connectivity index (χ1n) is 4.87. The lowest BCUT2D eigenvalue weighted by molar-refractivity contribution is -0.130. The van der Waals surface area contributed by atoms with Gasteiger partial charge in [0.2, 0.25) is 11.8 Å². The van der Waals surface area contributed by atoms with Crippen LogP contribution in [-0.4, -0.2) is 11.8 Å². The third-order valence-electron chi connectivity index (χ3n) is 2.38. The fourth-order valence-electron chi connectivity index (χ4n) is 1.44. The topological polar surface area (TPSA) is 46.2 Å². The van der Waals surface area contributed by atoms with Gasteiger partial charge in [-0.1, -0.05) is 33.7 Å². The molecule has 1 unspecified atom stereocenters. The molecule has 1 aliphatic rings. The van der Waals surface area contributed by atoms with Gasteiger partial charge >= 0.3 is 0 Å². The Kier molecular flexibility index (Phi) is 4.27. The van der Waals surface area contributed by atoms with E-state index in [2.05, 4.69) is 21.2 Å². The van der Waals surface area contributed by atoms with Crippen molar-refractivity contribution in [3.8, 4) is 0 Å². The Balaban J connectivity index is 2.65. The lowest BCUT2D eigenvalue weighted by atomic mass is 9.93. The number of carbonyl (C=O) groups excluding carboxylic acids is 2. The Hall–Kier alpha value is -0.900. The molecule has 1 rings (SSSR count). The molecule has 0 aliphatic heterocycles. The van der Waals surface area contributed by atoms with Crippen LogP contribution in [0.3, 0.4) is 0 Å². The summed E-state index contributed by atoms with van der Waals surface area (Å²) in [7, 11) is 0. The van der Waals surface area contributed by atoms with Gasteiger partial charge in [-0.2, -0.15) is 0 Å². The largest absolute Gasteiger partial charge is 0.296 e. The molecule has 0 spiro atoms. The van der Waals surface area contributed by atoms with E-state index in [0.29, 0.717) is 0 Å². The lowest BCUT2D eigenvalue weighted by Gasteiger charge is -2.17. The van der Waals surface area contributed by atoms with Gasteiger partial charge in [0.25, 0.3) is 0 Å². The molecule has 0 aromatic rings. The second-order valence-electron chi connectivity index (χ2n) is 3.62. The monoisotopic (exact) mass is 271 g/mol. The van der Waals surface area contributed by atoms with Crippen molar-refractivity contribution < 1.29 is 9.59 Å². The van der Waals surface area contributed by atoms with E-state index in [1.54, 1.807) is 0 Å². The number of nitrogens with one attached hydrogen (secondary N) is 1. The summed E-state index contributed by atoms with van der Waals surface area (Å²) >= 11 is 3.40. The van der Waals surface area contributed by atoms with Crippen molar-refractivity contribution >= 4 is 27.7 Å². The molecule has 0 bridgehead atoms. The Morgan fingerprint density at radius 2 is 2.07 bits per heavy atom. The summed E-state index contributed by atoms with van der Waals surface area (Å²) in [5, 5.41) is 2.30. The Bertz CT molecular complexity index is 344. The fourth-order valence-corrected chi connectivity index (χ4v) is 1.77. The molecule has 0 aromatic carbocycles. The SMILES string of the molecule is CC(=O)NC(=O)C(C)C1=CC=C(Br)CC1. The summed E-state index contributed by atoms with van der Waals surface area (Å²) in [6, 6.07) is 0.